The van der Waals surface area contributed by atoms with Gasteiger partial charge in [-0.15, -0.1) is 0 Å². The molecule has 7 heteroatoms. The van der Waals surface area contributed by atoms with Crippen LogP contribution in [0.5, 0.6) is 0 Å². The van der Waals surface area contributed by atoms with Crippen LogP contribution in [0.25, 0.3) is 11.4 Å². The molecule has 0 saturated heterocycles. The molecule has 0 unspecified atom stereocenters. The molecule has 0 radical (unpaired) electrons. The van der Waals surface area contributed by atoms with Gasteiger partial charge in [0.1, 0.15) is 11.6 Å². The number of halogens is 2. The summed E-state index contributed by atoms with van der Waals surface area (Å²) in [6.45, 7) is 5.43. The van der Waals surface area contributed by atoms with Crippen molar-refractivity contribution in [1.29, 1.82) is 0 Å². The lowest BCUT2D eigenvalue weighted by Crippen LogP contribution is -2.11. The molecule has 1 aromatic heterocycles. The van der Waals surface area contributed by atoms with Gasteiger partial charge in [0.15, 0.2) is 0 Å². The van der Waals surface area contributed by atoms with E-state index in [2.05, 4.69) is 10.1 Å². The van der Waals surface area contributed by atoms with Crippen LogP contribution in [0.3, 0.4) is 0 Å². The average molecular weight is 282 g/mol. The van der Waals surface area contributed by atoms with Crippen molar-refractivity contribution in [3.05, 3.63) is 35.2 Å². The second-order valence-electron chi connectivity index (χ2n) is 5.29. The van der Waals surface area contributed by atoms with Crippen molar-refractivity contribution in [2.24, 2.45) is 0 Å². The van der Waals surface area contributed by atoms with Crippen LogP contribution in [0.2, 0.25) is 0 Å². The van der Waals surface area contributed by atoms with Crippen LogP contribution in [0.4, 0.5) is 8.78 Å². The number of hydrogen-bond donors (Lipinski definition) is 1. The Hall–Kier alpha value is -2.31. The third-order valence-electron chi connectivity index (χ3n) is 2.58. The maximum atomic E-state index is 13.8. The fraction of sp³-hybridized carbons (Fsp3) is 0.308. The summed E-state index contributed by atoms with van der Waals surface area (Å²) in [5, 5.41) is 12.3. The van der Waals surface area contributed by atoms with Crippen molar-refractivity contribution in [3.63, 3.8) is 0 Å². The third kappa shape index (κ3) is 2.52. The van der Waals surface area contributed by atoms with Crippen molar-refractivity contribution in [1.82, 2.24) is 10.1 Å². The molecule has 20 heavy (non-hydrogen) atoms. The normalized spacial score (nSPS) is 11.7. The topological polar surface area (TPSA) is 76.2 Å². The zero-order valence-electron chi connectivity index (χ0n) is 11.1. The molecule has 1 aromatic carbocycles. The van der Waals surface area contributed by atoms with Gasteiger partial charge in [0.05, 0.1) is 11.1 Å². The van der Waals surface area contributed by atoms with Gasteiger partial charge in [-0.25, -0.2) is 13.6 Å². The van der Waals surface area contributed by atoms with Gasteiger partial charge < -0.3 is 9.63 Å². The molecule has 0 saturated carbocycles. The molecule has 2 aromatic rings. The van der Waals surface area contributed by atoms with Gasteiger partial charge >= 0.3 is 5.97 Å². The first-order chi connectivity index (χ1) is 9.20. The summed E-state index contributed by atoms with van der Waals surface area (Å²) in [4.78, 5) is 14.6. The van der Waals surface area contributed by atoms with E-state index in [-0.39, 0.29) is 11.7 Å². The molecular formula is C13H12F2N2O3. The molecule has 0 aliphatic heterocycles. The number of nitrogens with zero attached hydrogens (tertiary/aromatic N) is 2. The van der Waals surface area contributed by atoms with Crippen molar-refractivity contribution in [2.75, 3.05) is 0 Å². The predicted octanol–water partition coefficient (Wildman–Crippen LogP) is 3.01. The maximum absolute atomic E-state index is 13.8. The maximum Gasteiger partial charge on any atom is 0.335 e. The zero-order chi connectivity index (χ0) is 15.1. The number of carboxylic acids is 1. The Morgan fingerprint density at radius 3 is 2.20 bits per heavy atom. The van der Waals surface area contributed by atoms with E-state index in [0.29, 0.717) is 12.1 Å². The first-order valence-corrected chi connectivity index (χ1v) is 5.77. The Bertz CT molecular complexity index is 651. The van der Waals surface area contributed by atoms with Crippen molar-refractivity contribution >= 4 is 5.97 Å². The molecule has 0 atom stereocenters. The third-order valence-corrected chi connectivity index (χ3v) is 2.58. The Morgan fingerprint density at radius 2 is 1.80 bits per heavy atom. The number of aromatic nitrogens is 2. The van der Waals surface area contributed by atoms with E-state index in [9.17, 15) is 13.6 Å². The SMILES string of the molecule is CC(C)(C)c1nc(-c2c(F)cc(C(=O)O)cc2F)no1. The summed E-state index contributed by atoms with van der Waals surface area (Å²) in [6.07, 6.45) is 0. The highest BCUT2D eigenvalue weighted by Crippen LogP contribution is 2.28. The highest BCUT2D eigenvalue weighted by Gasteiger charge is 2.25. The first-order valence-electron chi connectivity index (χ1n) is 5.77. The molecule has 0 bridgehead atoms. The number of aromatic carboxylic acids is 1. The highest BCUT2D eigenvalue weighted by atomic mass is 19.1. The first kappa shape index (κ1) is 14.1. The van der Waals surface area contributed by atoms with Crippen molar-refractivity contribution in [2.45, 2.75) is 26.2 Å². The van der Waals surface area contributed by atoms with Gasteiger partial charge in [0.25, 0.3) is 0 Å². The molecular weight excluding hydrogens is 270 g/mol. The quantitative estimate of drug-likeness (QED) is 0.916. The lowest BCUT2D eigenvalue weighted by atomic mass is 9.97. The molecule has 2 rings (SSSR count). The molecule has 0 aliphatic rings. The average Bonchev–Trinajstić information content (AvgIpc) is 2.76. The van der Waals surface area contributed by atoms with Gasteiger partial charge in [-0.3, -0.25) is 0 Å². The van der Waals surface area contributed by atoms with E-state index in [4.69, 9.17) is 9.63 Å². The largest absolute Gasteiger partial charge is 0.478 e. The molecule has 0 aliphatic carbocycles. The van der Waals surface area contributed by atoms with E-state index >= 15 is 0 Å². The lowest BCUT2D eigenvalue weighted by Gasteiger charge is -2.10. The van der Waals surface area contributed by atoms with Gasteiger partial charge in [-0.2, -0.15) is 4.98 Å². The Morgan fingerprint density at radius 1 is 1.25 bits per heavy atom. The second kappa shape index (κ2) is 4.66. The smallest absolute Gasteiger partial charge is 0.335 e. The summed E-state index contributed by atoms with van der Waals surface area (Å²) < 4.78 is 32.6. The van der Waals surface area contributed by atoms with Gasteiger partial charge in [-0.1, -0.05) is 25.9 Å². The number of carboxylic acid groups (broad SMARTS) is 1. The second-order valence-corrected chi connectivity index (χ2v) is 5.29. The van der Waals surface area contributed by atoms with E-state index in [0.717, 1.165) is 0 Å². The van der Waals surface area contributed by atoms with E-state index < -0.39 is 34.1 Å². The van der Waals surface area contributed by atoms with E-state index in [1.807, 2.05) is 20.8 Å². The van der Waals surface area contributed by atoms with Crippen LogP contribution in [-0.4, -0.2) is 21.2 Å². The zero-order valence-corrected chi connectivity index (χ0v) is 11.1. The molecule has 0 fully saturated rings. The summed E-state index contributed by atoms with van der Waals surface area (Å²) in [5.41, 5.74) is -1.45. The molecule has 0 spiro atoms. The van der Waals surface area contributed by atoms with Crippen molar-refractivity contribution in [3.8, 4) is 11.4 Å². The van der Waals surface area contributed by atoms with E-state index in [1.165, 1.54) is 0 Å². The highest BCUT2D eigenvalue weighted by molar-refractivity contribution is 5.88. The fourth-order valence-corrected chi connectivity index (χ4v) is 1.54. The molecule has 1 N–H and O–H groups in total. The number of hydrogen-bond acceptors (Lipinski definition) is 4. The summed E-state index contributed by atoms with van der Waals surface area (Å²) in [5.74, 6) is -3.54. The summed E-state index contributed by atoms with van der Waals surface area (Å²) in [6, 6.07) is 1.43. The van der Waals surface area contributed by atoms with Crippen LogP contribution in [0.1, 0.15) is 37.0 Å². The van der Waals surface area contributed by atoms with Crippen LogP contribution < -0.4 is 0 Å². The van der Waals surface area contributed by atoms with E-state index in [1.54, 1.807) is 0 Å². The Kier molecular flexibility index (Phi) is 3.29. The van der Waals surface area contributed by atoms with Crippen LogP contribution in [0.15, 0.2) is 16.7 Å². The lowest BCUT2D eigenvalue weighted by molar-refractivity contribution is 0.0695. The molecule has 5 nitrogen and oxygen atoms in total. The summed E-state index contributed by atoms with van der Waals surface area (Å²) in [7, 11) is 0. The minimum atomic E-state index is -1.42. The van der Waals surface area contributed by atoms with Gasteiger partial charge in [-0.05, 0) is 12.1 Å². The van der Waals surface area contributed by atoms with Crippen LogP contribution in [0, 0.1) is 11.6 Å². The molecule has 106 valence electrons. The van der Waals surface area contributed by atoms with Gasteiger partial charge in [0, 0.05) is 5.41 Å². The Labute approximate surface area is 113 Å². The predicted molar refractivity (Wildman–Crippen MR) is 65.3 cm³/mol. The molecule has 0 amide bonds. The fourth-order valence-electron chi connectivity index (χ4n) is 1.54. The van der Waals surface area contributed by atoms with Crippen LogP contribution in [-0.2, 0) is 5.41 Å². The number of carbonyl (C=O) groups is 1. The standard InChI is InChI=1S/C13H12F2N2O3/c1-13(2,3)12-16-10(17-20-12)9-7(14)4-6(11(18)19)5-8(9)15/h4-5H,1-3H3,(H,18,19). The minimum Gasteiger partial charge on any atom is -0.478 e. The monoisotopic (exact) mass is 282 g/mol. The Balaban J connectivity index is 2.53. The summed E-state index contributed by atoms with van der Waals surface area (Å²) >= 11 is 0. The number of rotatable bonds is 2. The van der Waals surface area contributed by atoms with Gasteiger partial charge in [0.2, 0.25) is 11.7 Å². The minimum absolute atomic E-state index is 0.230. The van der Waals surface area contributed by atoms with Crippen LogP contribution >= 0.6 is 0 Å². The van der Waals surface area contributed by atoms with Crippen molar-refractivity contribution < 1.29 is 23.2 Å². The number of benzene rings is 1. The molecule has 1 heterocycles.